The molecule has 0 amide bonds. The third-order valence-electron chi connectivity index (χ3n) is 3.26. The Hall–Kier alpha value is -0.750. The molecule has 0 N–H and O–H groups in total. The average molecular weight is 358 g/mol. The van der Waals surface area contributed by atoms with E-state index in [1.807, 2.05) is 24.3 Å². The molecule has 0 heterocycles. The number of hydrogen-bond donors (Lipinski definition) is 0. The molecule has 0 aliphatic rings. The predicted octanol–water partition coefficient (Wildman–Crippen LogP) is 3.01. The van der Waals surface area contributed by atoms with Crippen LogP contribution in [0.15, 0.2) is 28.7 Å². The molecule has 1 aromatic rings. The maximum absolute atomic E-state index is 12.2. The molecule has 1 rings (SSSR count). The average Bonchev–Trinajstić information content (AvgIpc) is 2.50. The summed E-state index contributed by atoms with van der Waals surface area (Å²) in [5, 5.41) is 0. The van der Waals surface area contributed by atoms with Gasteiger partial charge in [-0.05, 0) is 18.6 Å². The smallest absolute Gasteiger partial charge is 0.164 e. The fraction of sp³-hybridized carbons (Fsp3) is 0.562. The van der Waals surface area contributed by atoms with Crippen LogP contribution in [0, 0.1) is 0 Å². The zero-order valence-corrected chi connectivity index (χ0v) is 14.4. The quantitative estimate of drug-likeness (QED) is 0.450. The molecule has 0 radical (unpaired) electrons. The number of benzene rings is 1. The van der Waals surface area contributed by atoms with E-state index < -0.39 is 0 Å². The van der Waals surface area contributed by atoms with Crippen molar-refractivity contribution in [3.63, 3.8) is 0 Å². The first-order valence-corrected chi connectivity index (χ1v) is 7.95. The largest absolute Gasteiger partial charge is 0.385 e. The maximum Gasteiger partial charge on any atom is 0.164 e. The second-order valence-corrected chi connectivity index (χ2v) is 5.78. The summed E-state index contributed by atoms with van der Waals surface area (Å²) in [5.41, 5.74) is 0.766. The SMILES string of the molecule is COCCCN(CCOC)CCC(=O)c1ccc(Br)cc1. The van der Waals surface area contributed by atoms with E-state index in [4.69, 9.17) is 9.47 Å². The zero-order chi connectivity index (χ0) is 15.5. The van der Waals surface area contributed by atoms with Crippen LogP contribution >= 0.6 is 15.9 Å². The number of hydrogen-bond acceptors (Lipinski definition) is 4. The van der Waals surface area contributed by atoms with E-state index in [1.54, 1.807) is 14.2 Å². The van der Waals surface area contributed by atoms with Crippen LogP contribution in [0.2, 0.25) is 0 Å². The standard InChI is InChI=1S/C16H24BrNO3/c1-20-12-3-9-18(11-13-21-2)10-8-16(19)14-4-6-15(17)7-5-14/h4-7H,3,8-13H2,1-2H3. The van der Waals surface area contributed by atoms with Gasteiger partial charge in [0.1, 0.15) is 0 Å². The van der Waals surface area contributed by atoms with Crippen LogP contribution in [0.25, 0.3) is 0 Å². The molecule has 0 atom stereocenters. The summed E-state index contributed by atoms with van der Waals surface area (Å²) in [7, 11) is 3.40. The summed E-state index contributed by atoms with van der Waals surface area (Å²) in [4.78, 5) is 14.4. The lowest BCUT2D eigenvalue weighted by atomic mass is 10.1. The zero-order valence-electron chi connectivity index (χ0n) is 12.8. The van der Waals surface area contributed by atoms with Crippen molar-refractivity contribution in [3.8, 4) is 0 Å². The van der Waals surface area contributed by atoms with Crippen molar-refractivity contribution < 1.29 is 14.3 Å². The number of nitrogens with zero attached hydrogens (tertiary/aromatic N) is 1. The van der Waals surface area contributed by atoms with Gasteiger partial charge in [0, 0.05) is 56.9 Å². The molecule has 118 valence electrons. The molecule has 21 heavy (non-hydrogen) atoms. The molecule has 0 unspecified atom stereocenters. The molecule has 1 aromatic carbocycles. The summed E-state index contributed by atoms with van der Waals surface area (Å²) >= 11 is 3.38. The first-order valence-electron chi connectivity index (χ1n) is 7.16. The van der Waals surface area contributed by atoms with Crippen molar-refractivity contribution in [1.82, 2.24) is 4.90 Å². The molecule has 0 aliphatic heterocycles. The maximum atomic E-state index is 12.2. The van der Waals surface area contributed by atoms with Crippen molar-refractivity contribution in [2.45, 2.75) is 12.8 Å². The van der Waals surface area contributed by atoms with E-state index in [-0.39, 0.29) is 5.78 Å². The van der Waals surface area contributed by atoms with E-state index in [0.29, 0.717) is 13.0 Å². The van der Waals surface area contributed by atoms with Crippen LogP contribution in [0.5, 0.6) is 0 Å². The second kappa shape index (κ2) is 10.9. The lowest BCUT2D eigenvalue weighted by molar-refractivity contribution is 0.0940. The minimum Gasteiger partial charge on any atom is -0.385 e. The lowest BCUT2D eigenvalue weighted by Gasteiger charge is -2.21. The van der Waals surface area contributed by atoms with Gasteiger partial charge in [-0.3, -0.25) is 4.79 Å². The van der Waals surface area contributed by atoms with Crippen LogP contribution in [0.1, 0.15) is 23.2 Å². The second-order valence-electron chi connectivity index (χ2n) is 4.86. The molecule has 4 nitrogen and oxygen atoms in total. The summed E-state index contributed by atoms with van der Waals surface area (Å²) in [6.07, 6.45) is 1.49. The Morgan fingerprint density at radius 1 is 1.05 bits per heavy atom. The number of rotatable bonds is 11. The van der Waals surface area contributed by atoms with Gasteiger partial charge in [-0.1, -0.05) is 28.1 Å². The third-order valence-corrected chi connectivity index (χ3v) is 3.78. The Kier molecular flexibility index (Phi) is 9.50. The number of ketones is 1. The van der Waals surface area contributed by atoms with Gasteiger partial charge in [0.2, 0.25) is 0 Å². The van der Waals surface area contributed by atoms with Crippen molar-refractivity contribution in [3.05, 3.63) is 34.3 Å². The Bertz CT molecular complexity index is 408. The first-order chi connectivity index (χ1) is 10.2. The Labute approximate surface area is 135 Å². The molecular weight excluding hydrogens is 334 g/mol. The highest BCUT2D eigenvalue weighted by atomic mass is 79.9. The fourth-order valence-corrected chi connectivity index (χ4v) is 2.29. The molecule has 0 aliphatic carbocycles. The summed E-state index contributed by atoms with van der Waals surface area (Å²) in [6.45, 7) is 3.93. The van der Waals surface area contributed by atoms with Gasteiger partial charge in [0.05, 0.1) is 6.61 Å². The van der Waals surface area contributed by atoms with Crippen molar-refractivity contribution in [2.24, 2.45) is 0 Å². The van der Waals surface area contributed by atoms with Gasteiger partial charge in [-0.15, -0.1) is 0 Å². The Balaban J connectivity index is 2.42. The molecule has 0 saturated heterocycles. The predicted molar refractivity (Wildman–Crippen MR) is 87.9 cm³/mol. The third kappa shape index (κ3) is 7.71. The summed E-state index contributed by atoms with van der Waals surface area (Å²) in [5.74, 6) is 0.177. The molecule has 0 spiro atoms. The van der Waals surface area contributed by atoms with E-state index in [1.165, 1.54) is 0 Å². The molecule has 0 bridgehead atoms. The number of halogens is 1. The fourth-order valence-electron chi connectivity index (χ4n) is 2.03. The summed E-state index contributed by atoms with van der Waals surface area (Å²) in [6, 6.07) is 7.51. The highest BCUT2D eigenvalue weighted by Gasteiger charge is 2.10. The number of methoxy groups -OCH3 is 2. The first kappa shape index (κ1) is 18.3. The van der Waals surface area contributed by atoms with Gasteiger partial charge in [-0.2, -0.15) is 0 Å². The topological polar surface area (TPSA) is 38.8 Å². The lowest BCUT2D eigenvalue weighted by Crippen LogP contribution is -2.31. The Morgan fingerprint density at radius 2 is 1.71 bits per heavy atom. The molecule has 5 heteroatoms. The van der Waals surface area contributed by atoms with Gasteiger partial charge in [-0.25, -0.2) is 0 Å². The van der Waals surface area contributed by atoms with E-state index in [0.717, 1.165) is 42.7 Å². The van der Waals surface area contributed by atoms with Crippen molar-refractivity contribution in [1.29, 1.82) is 0 Å². The minimum absolute atomic E-state index is 0.177. The van der Waals surface area contributed by atoms with Crippen LogP contribution in [0.4, 0.5) is 0 Å². The van der Waals surface area contributed by atoms with Crippen LogP contribution in [0.3, 0.4) is 0 Å². The number of carbonyl (C=O) groups excluding carboxylic acids is 1. The van der Waals surface area contributed by atoms with Crippen LogP contribution in [-0.2, 0) is 9.47 Å². The van der Waals surface area contributed by atoms with Crippen molar-refractivity contribution in [2.75, 3.05) is 47.1 Å². The summed E-state index contributed by atoms with van der Waals surface area (Å²) < 4.78 is 11.2. The highest BCUT2D eigenvalue weighted by molar-refractivity contribution is 9.10. The van der Waals surface area contributed by atoms with Gasteiger partial charge < -0.3 is 14.4 Å². The van der Waals surface area contributed by atoms with Crippen LogP contribution < -0.4 is 0 Å². The highest BCUT2D eigenvalue weighted by Crippen LogP contribution is 2.12. The monoisotopic (exact) mass is 357 g/mol. The van der Waals surface area contributed by atoms with Gasteiger partial charge >= 0.3 is 0 Å². The van der Waals surface area contributed by atoms with Crippen molar-refractivity contribution >= 4 is 21.7 Å². The minimum atomic E-state index is 0.177. The van der Waals surface area contributed by atoms with E-state index >= 15 is 0 Å². The van der Waals surface area contributed by atoms with E-state index in [2.05, 4.69) is 20.8 Å². The van der Waals surface area contributed by atoms with Crippen LogP contribution in [-0.4, -0.2) is 57.8 Å². The molecule has 0 aromatic heterocycles. The Morgan fingerprint density at radius 3 is 2.33 bits per heavy atom. The molecule has 0 fully saturated rings. The number of ether oxygens (including phenoxy) is 2. The number of Topliss-reactive ketones (excluding diaryl/α,β-unsaturated/α-hetero) is 1. The normalized spacial score (nSPS) is 11.0. The molecular formula is C16H24BrNO3. The number of carbonyl (C=O) groups is 1. The molecule has 0 saturated carbocycles. The van der Waals surface area contributed by atoms with E-state index in [9.17, 15) is 4.79 Å². The van der Waals surface area contributed by atoms with Gasteiger partial charge in [0.15, 0.2) is 5.78 Å². The van der Waals surface area contributed by atoms with Gasteiger partial charge in [0.25, 0.3) is 0 Å².